The third kappa shape index (κ3) is 3.23. The Bertz CT molecular complexity index is 524. The molecule has 92 valence electrons. The van der Waals surface area contributed by atoms with Crippen LogP contribution < -0.4 is 10.5 Å². The smallest absolute Gasteiger partial charge is 0.392 e. The van der Waals surface area contributed by atoms with Gasteiger partial charge in [0, 0.05) is 5.69 Å². The minimum absolute atomic E-state index is 0.231. The molecular formula is C10H9F3N2OS. The molecule has 2 rings (SSSR count). The number of nitrogens with zero attached hydrogens (tertiary/aromatic N) is 1. The SMILES string of the molecule is Nc1ccc2nc(OCCC(F)(F)F)sc2c1. The molecule has 0 atom stereocenters. The van der Waals surface area contributed by atoms with Crippen molar-refractivity contribution in [2.24, 2.45) is 0 Å². The van der Waals surface area contributed by atoms with Crippen LogP contribution in [0.3, 0.4) is 0 Å². The van der Waals surface area contributed by atoms with E-state index in [-0.39, 0.29) is 5.19 Å². The van der Waals surface area contributed by atoms with E-state index in [9.17, 15) is 13.2 Å². The van der Waals surface area contributed by atoms with E-state index < -0.39 is 19.2 Å². The third-order valence-electron chi connectivity index (χ3n) is 2.00. The maximum atomic E-state index is 11.9. The summed E-state index contributed by atoms with van der Waals surface area (Å²) in [6.07, 6.45) is -5.19. The van der Waals surface area contributed by atoms with Gasteiger partial charge in [-0.15, -0.1) is 0 Å². The van der Waals surface area contributed by atoms with Crippen molar-refractivity contribution < 1.29 is 17.9 Å². The van der Waals surface area contributed by atoms with Gasteiger partial charge in [0.05, 0.1) is 23.2 Å². The predicted octanol–water partition coefficient (Wildman–Crippen LogP) is 3.21. The van der Waals surface area contributed by atoms with Crippen LogP contribution in [0.2, 0.25) is 0 Å². The fraction of sp³-hybridized carbons (Fsp3) is 0.300. The van der Waals surface area contributed by atoms with Crippen LogP contribution in [0.1, 0.15) is 6.42 Å². The largest absolute Gasteiger partial charge is 0.470 e. The van der Waals surface area contributed by atoms with Gasteiger partial charge in [0.1, 0.15) is 0 Å². The summed E-state index contributed by atoms with van der Waals surface area (Å²) in [5, 5.41) is 0.231. The van der Waals surface area contributed by atoms with Crippen molar-refractivity contribution in [1.82, 2.24) is 4.98 Å². The van der Waals surface area contributed by atoms with Gasteiger partial charge in [0.25, 0.3) is 5.19 Å². The molecule has 2 aromatic rings. The maximum Gasteiger partial charge on any atom is 0.392 e. The highest BCUT2D eigenvalue weighted by Crippen LogP contribution is 2.29. The number of halogens is 3. The Hall–Kier alpha value is -1.50. The summed E-state index contributed by atoms with van der Waals surface area (Å²) in [6, 6.07) is 5.10. The molecule has 0 bridgehead atoms. The molecule has 0 aliphatic rings. The van der Waals surface area contributed by atoms with E-state index in [0.717, 1.165) is 4.70 Å². The summed E-state index contributed by atoms with van der Waals surface area (Å²) in [5.74, 6) is 0. The number of thiazole rings is 1. The fourth-order valence-corrected chi connectivity index (χ4v) is 2.12. The molecule has 1 aromatic heterocycles. The molecule has 17 heavy (non-hydrogen) atoms. The monoisotopic (exact) mass is 262 g/mol. The molecule has 0 radical (unpaired) electrons. The number of benzene rings is 1. The molecule has 0 fully saturated rings. The molecule has 0 spiro atoms. The zero-order valence-corrected chi connectivity index (χ0v) is 9.44. The standard InChI is InChI=1S/C10H9F3N2OS/c11-10(12,13)3-4-16-9-15-7-2-1-6(14)5-8(7)17-9/h1-2,5H,3-4,14H2. The van der Waals surface area contributed by atoms with Crippen molar-refractivity contribution in [3.8, 4) is 5.19 Å². The van der Waals surface area contributed by atoms with Crippen molar-refractivity contribution in [2.45, 2.75) is 12.6 Å². The van der Waals surface area contributed by atoms with E-state index in [2.05, 4.69) is 4.98 Å². The number of hydrogen-bond acceptors (Lipinski definition) is 4. The van der Waals surface area contributed by atoms with Crippen LogP contribution in [0.5, 0.6) is 5.19 Å². The topological polar surface area (TPSA) is 48.1 Å². The normalized spacial score (nSPS) is 11.9. The minimum atomic E-state index is -4.21. The van der Waals surface area contributed by atoms with Crippen molar-refractivity contribution in [3.05, 3.63) is 18.2 Å². The number of alkyl halides is 3. The second kappa shape index (κ2) is 4.40. The van der Waals surface area contributed by atoms with Crippen LogP contribution in [0.4, 0.5) is 18.9 Å². The van der Waals surface area contributed by atoms with Gasteiger partial charge in [-0.2, -0.15) is 13.2 Å². The Balaban J connectivity index is 2.05. The molecule has 0 unspecified atom stereocenters. The lowest BCUT2D eigenvalue weighted by atomic mass is 10.3. The Morgan fingerprint density at radius 1 is 1.35 bits per heavy atom. The van der Waals surface area contributed by atoms with E-state index in [0.29, 0.717) is 11.2 Å². The number of rotatable bonds is 3. The first-order valence-corrected chi connectivity index (χ1v) is 5.61. The molecule has 0 aliphatic heterocycles. The highest BCUT2D eigenvalue weighted by Gasteiger charge is 2.27. The molecule has 7 heteroatoms. The van der Waals surface area contributed by atoms with Gasteiger partial charge in [-0.3, -0.25) is 0 Å². The van der Waals surface area contributed by atoms with Crippen molar-refractivity contribution >= 4 is 27.2 Å². The van der Waals surface area contributed by atoms with Gasteiger partial charge >= 0.3 is 6.18 Å². The first-order valence-electron chi connectivity index (χ1n) is 4.80. The van der Waals surface area contributed by atoms with Gasteiger partial charge in [0.2, 0.25) is 0 Å². The number of anilines is 1. The fourth-order valence-electron chi connectivity index (χ4n) is 1.24. The Kier molecular flexibility index (Phi) is 3.10. The van der Waals surface area contributed by atoms with Gasteiger partial charge < -0.3 is 10.5 Å². The number of fused-ring (bicyclic) bond motifs is 1. The number of nitrogen functional groups attached to an aromatic ring is 1. The van der Waals surface area contributed by atoms with Crippen LogP contribution in [0, 0.1) is 0 Å². The van der Waals surface area contributed by atoms with E-state index >= 15 is 0 Å². The lowest BCUT2D eigenvalue weighted by Gasteiger charge is -2.05. The Morgan fingerprint density at radius 2 is 2.12 bits per heavy atom. The van der Waals surface area contributed by atoms with E-state index in [4.69, 9.17) is 10.5 Å². The lowest BCUT2D eigenvalue weighted by molar-refractivity contribution is -0.139. The first-order chi connectivity index (χ1) is 7.94. The number of nitrogens with two attached hydrogens (primary N) is 1. The summed E-state index contributed by atoms with van der Waals surface area (Å²) < 4.78 is 41.5. The van der Waals surface area contributed by atoms with Gasteiger partial charge in [-0.25, -0.2) is 4.98 Å². The highest BCUT2D eigenvalue weighted by molar-refractivity contribution is 7.20. The molecular weight excluding hydrogens is 253 g/mol. The average molecular weight is 262 g/mol. The van der Waals surface area contributed by atoms with E-state index in [1.165, 1.54) is 11.3 Å². The molecule has 1 aromatic carbocycles. The van der Waals surface area contributed by atoms with Gasteiger partial charge in [-0.1, -0.05) is 11.3 Å². The predicted molar refractivity (Wildman–Crippen MR) is 60.2 cm³/mol. The molecule has 1 heterocycles. The molecule has 3 nitrogen and oxygen atoms in total. The molecule has 0 saturated carbocycles. The first kappa shape index (κ1) is 12.0. The summed E-state index contributed by atoms with van der Waals surface area (Å²) in [4.78, 5) is 4.05. The second-order valence-corrected chi connectivity index (χ2v) is 4.41. The molecule has 0 amide bonds. The van der Waals surface area contributed by atoms with Crippen LogP contribution in [-0.2, 0) is 0 Å². The zero-order chi connectivity index (χ0) is 12.5. The molecule has 0 aliphatic carbocycles. The molecule has 2 N–H and O–H groups in total. The van der Waals surface area contributed by atoms with Gasteiger partial charge in [-0.05, 0) is 18.2 Å². The minimum Gasteiger partial charge on any atom is -0.470 e. The number of ether oxygens (including phenoxy) is 1. The zero-order valence-electron chi connectivity index (χ0n) is 8.62. The average Bonchev–Trinajstić information content (AvgIpc) is 2.57. The van der Waals surface area contributed by atoms with E-state index in [1.807, 2.05) is 0 Å². The lowest BCUT2D eigenvalue weighted by Crippen LogP contribution is -2.12. The van der Waals surface area contributed by atoms with E-state index in [1.54, 1.807) is 18.2 Å². The summed E-state index contributed by atoms with van der Waals surface area (Å²) >= 11 is 1.18. The second-order valence-electron chi connectivity index (χ2n) is 3.42. The maximum absolute atomic E-state index is 11.9. The summed E-state index contributed by atoms with van der Waals surface area (Å²) in [6.45, 7) is -0.418. The quantitative estimate of drug-likeness (QED) is 0.864. The number of aromatic nitrogens is 1. The highest BCUT2D eigenvalue weighted by atomic mass is 32.1. The Labute approximate surface area is 99.0 Å². The molecule has 0 saturated heterocycles. The summed E-state index contributed by atoms with van der Waals surface area (Å²) in [7, 11) is 0. The van der Waals surface area contributed by atoms with Crippen molar-refractivity contribution in [3.63, 3.8) is 0 Å². The third-order valence-corrected chi connectivity index (χ3v) is 2.93. The van der Waals surface area contributed by atoms with Crippen LogP contribution in [0.15, 0.2) is 18.2 Å². The van der Waals surface area contributed by atoms with Crippen LogP contribution in [0.25, 0.3) is 10.2 Å². The summed E-state index contributed by atoms with van der Waals surface area (Å²) in [5.41, 5.74) is 6.84. The van der Waals surface area contributed by atoms with Gasteiger partial charge in [0.15, 0.2) is 0 Å². The number of hydrogen-bond donors (Lipinski definition) is 1. The van der Waals surface area contributed by atoms with Crippen molar-refractivity contribution in [2.75, 3.05) is 12.3 Å². The van der Waals surface area contributed by atoms with Crippen LogP contribution >= 0.6 is 11.3 Å². The van der Waals surface area contributed by atoms with Crippen LogP contribution in [-0.4, -0.2) is 17.8 Å². The Morgan fingerprint density at radius 3 is 2.82 bits per heavy atom. The van der Waals surface area contributed by atoms with Crippen molar-refractivity contribution in [1.29, 1.82) is 0 Å².